The number of likely N-dealkylation sites (tertiary alicyclic amines) is 1. The molecule has 0 aliphatic carbocycles. The molecule has 236 valence electrons. The fourth-order valence-electron chi connectivity index (χ4n) is 5.46. The SMILES string of the molecule is Cc1ncsc1-c1ccc(CNC(=O)C2CCCN2C(=O)C(NC(=O)CCCCCCCCCC(=O)O)C(C)(C)C)cc1. The zero-order valence-corrected chi connectivity index (χ0v) is 26.9. The summed E-state index contributed by atoms with van der Waals surface area (Å²) >= 11 is 1.60. The lowest BCUT2D eigenvalue weighted by molar-refractivity contribution is -0.144. The number of aliphatic carboxylic acids is 1. The Morgan fingerprint density at radius 3 is 2.21 bits per heavy atom. The minimum atomic E-state index is -0.748. The summed E-state index contributed by atoms with van der Waals surface area (Å²) in [7, 11) is 0. The van der Waals surface area contributed by atoms with E-state index in [1.807, 2.05) is 57.5 Å². The average molecular weight is 613 g/mol. The van der Waals surface area contributed by atoms with E-state index in [9.17, 15) is 19.2 Å². The number of nitrogens with zero attached hydrogens (tertiary/aromatic N) is 2. The Labute approximate surface area is 259 Å². The number of rotatable bonds is 16. The predicted octanol–water partition coefficient (Wildman–Crippen LogP) is 5.85. The van der Waals surface area contributed by atoms with Crippen molar-refractivity contribution in [2.45, 2.75) is 117 Å². The zero-order chi connectivity index (χ0) is 31.4. The second-order valence-electron chi connectivity index (χ2n) is 12.6. The van der Waals surface area contributed by atoms with Crippen molar-refractivity contribution in [2.75, 3.05) is 6.54 Å². The number of thiazole rings is 1. The Kier molecular flexibility index (Phi) is 13.2. The number of hydrogen-bond acceptors (Lipinski definition) is 6. The number of unbranched alkanes of at least 4 members (excludes halogenated alkanes) is 6. The van der Waals surface area contributed by atoms with Crippen LogP contribution in [0.5, 0.6) is 0 Å². The molecule has 1 aromatic carbocycles. The third-order valence-corrected chi connectivity index (χ3v) is 8.96. The first-order chi connectivity index (χ1) is 20.5. The molecule has 0 bridgehead atoms. The van der Waals surface area contributed by atoms with E-state index in [2.05, 4.69) is 15.6 Å². The Morgan fingerprint density at radius 2 is 1.63 bits per heavy atom. The summed E-state index contributed by atoms with van der Waals surface area (Å²) in [5, 5.41) is 14.7. The molecule has 0 saturated carbocycles. The van der Waals surface area contributed by atoms with Crippen molar-refractivity contribution in [3.8, 4) is 10.4 Å². The molecule has 1 fully saturated rings. The summed E-state index contributed by atoms with van der Waals surface area (Å²) in [5.74, 6) is -1.27. The van der Waals surface area contributed by atoms with Crippen LogP contribution >= 0.6 is 11.3 Å². The number of aryl methyl sites for hydroxylation is 1. The lowest BCUT2D eigenvalue weighted by Gasteiger charge is -2.35. The van der Waals surface area contributed by atoms with Crippen LogP contribution in [-0.2, 0) is 25.7 Å². The topological polar surface area (TPSA) is 129 Å². The van der Waals surface area contributed by atoms with Crippen molar-refractivity contribution < 1.29 is 24.3 Å². The molecule has 2 heterocycles. The summed E-state index contributed by atoms with van der Waals surface area (Å²) < 4.78 is 0. The van der Waals surface area contributed by atoms with Gasteiger partial charge >= 0.3 is 5.97 Å². The lowest BCUT2D eigenvalue weighted by atomic mass is 9.85. The van der Waals surface area contributed by atoms with Gasteiger partial charge in [-0.25, -0.2) is 4.98 Å². The zero-order valence-electron chi connectivity index (χ0n) is 26.1. The molecular formula is C33H48N4O5S. The summed E-state index contributed by atoms with van der Waals surface area (Å²) in [6.07, 6.45) is 8.24. The first-order valence-electron chi connectivity index (χ1n) is 15.6. The standard InChI is InChI=1S/C33H48N4O5S/c1-23-29(43-22-35-23)25-18-16-24(17-19-25)21-34-31(41)26-13-12-20-37(26)32(42)30(33(2,3)4)36-27(38)14-10-8-6-5-7-9-11-15-28(39)40/h16-19,22,26,30H,5-15,20-21H2,1-4H3,(H,34,41)(H,36,38)(H,39,40). The molecule has 1 aliphatic rings. The highest BCUT2D eigenvalue weighted by Crippen LogP contribution is 2.28. The van der Waals surface area contributed by atoms with Crippen molar-refractivity contribution in [1.29, 1.82) is 0 Å². The maximum Gasteiger partial charge on any atom is 0.303 e. The van der Waals surface area contributed by atoms with Gasteiger partial charge in [-0.2, -0.15) is 0 Å². The van der Waals surface area contributed by atoms with Crippen LogP contribution in [-0.4, -0.2) is 57.3 Å². The third kappa shape index (κ3) is 10.7. The van der Waals surface area contributed by atoms with E-state index in [1.165, 1.54) is 0 Å². The fourth-order valence-corrected chi connectivity index (χ4v) is 6.27. The van der Waals surface area contributed by atoms with Crippen molar-refractivity contribution in [3.05, 3.63) is 41.0 Å². The number of benzene rings is 1. The smallest absolute Gasteiger partial charge is 0.303 e. The Balaban J connectivity index is 1.47. The van der Waals surface area contributed by atoms with E-state index in [1.54, 1.807) is 16.2 Å². The molecule has 1 saturated heterocycles. The van der Waals surface area contributed by atoms with Gasteiger partial charge in [0.1, 0.15) is 12.1 Å². The quantitative estimate of drug-likeness (QED) is 0.204. The van der Waals surface area contributed by atoms with Crippen LogP contribution in [0, 0.1) is 12.3 Å². The molecule has 3 amide bonds. The number of hydrogen-bond donors (Lipinski definition) is 3. The lowest BCUT2D eigenvalue weighted by Crippen LogP contribution is -2.57. The maximum absolute atomic E-state index is 13.7. The van der Waals surface area contributed by atoms with E-state index in [0.717, 1.165) is 66.6 Å². The third-order valence-electron chi connectivity index (χ3n) is 7.98. The fraction of sp³-hybridized carbons (Fsp3) is 0.606. The van der Waals surface area contributed by atoms with Gasteiger partial charge in [-0.1, -0.05) is 77.1 Å². The molecule has 10 heteroatoms. The molecule has 9 nitrogen and oxygen atoms in total. The molecule has 1 aliphatic heterocycles. The highest BCUT2D eigenvalue weighted by molar-refractivity contribution is 7.13. The molecule has 0 radical (unpaired) electrons. The number of carbonyl (C=O) groups excluding carboxylic acids is 3. The second-order valence-corrected chi connectivity index (χ2v) is 13.5. The normalized spacial score (nSPS) is 15.7. The summed E-state index contributed by atoms with van der Waals surface area (Å²) in [5.41, 5.74) is 4.41. The highest BCUT2D eigenvalue weighted by atomic mass is 32.1. The Hall–Kier alpha value is -3.27. The second kappa shape index (κ2) is 16.5. The van der Waals surface area contributed by atoms with Crippen LogP contribution in [0.25, 0.3) is 10.4 Å². The number of aromatic nitrogens is 1. The van der Waals surface area contributed by atoms with Gasteiger partial charge < -0.3 is 20.6 Å². The van der Waals surface area contributed by atoms with E-state index >= 15 is 0 Å². The van der Waals surface area contributed by atoms with Crippen molar-refractivity contribution >= 4 is 35.0 Å². The van der Waals surface area contributed by atoms with Crippen LogP contribution in [0.3, 0.4) is 0 Å². The minimum absolute atomic E-state index is 0.146. The molecule has 0 spiro atoms. The molecule has 2 unspecified atom stereocenters. The van der Waals surface area contributed by atoms with Gasteiger partial charge in [0.25, 0.3) is 0 Å². The predicted molar refractivity (Wildman–Crippen MR) is 169 cm³/mol. The number of carbonyl (C=O) groups is 4. The van der Waals surface area contributed by atoms with Gasteiger partial charge in [0, 0.05) is 25.9 Å². The van der Waals surface area contributed by atoms with Crippen LogP contribution in [0.4, 0.5) is 0 Å². The van der Waals surface area contributed by atoms with Crippen LogP contribution < -0.4 is 10.6 Å². The van der Waals surface area contributed by atoms with Gasteiger partial charge in [-0.05, 0) is 49.1 Å². The van der Waals surface area contributed by atoms with E-state index in [4.69, 9.17) is 5.11 Å². The average Bonchev–Trinajstić information content (AvgIpc) is 3.62. The first kappa shape index (κ1) is 34.2. The molecule has 2 atom stereocenters. The summed E-state index contributed by atoms with van der Waals surface area (Å²) in [6, 6.07) is 6.80. The largest absolute Gasteiger partial charge is 0.481 e. The highest BCUT2D eigenvalue weighted by Gasteiger charge is 2.41. The van der Waals surface area contributed by atoms with Crippen molar-refractivity contribution in [1.82, 2.24) is 20.5 Å². The molecular weight excluding hydrogens is 564 g/mol. The van der Waals surface area contributed by atoms with Crippen LogP contribution in [0.1, 0.15) is 103 Å². The van der Waals surface area contributed by atoms with E-state index in [-0.39, 0.29) is 24.1 Å². The van der Waals surface area contributed by atoms with Crippen LogP contribution in [0.2, 0.25) is 0 Å². The van der Waals surface area contributed by atoms with Gasteiger partial charge in [0.15, 0.2) is 0 Å². The summed E-state index contributed by atoms with van der Waals surface area (Å²) in [6.45, 7) is 8.66. The van der Waals surface area contributed by atoms with E-state index < -0.39 is 23.5 Å². The van der Waals surface area contributed by atoms with Crippen molar-refractivity contribution in [2.24, 2.45) is 5.41 Å². The van der Waals surface area contributed by atoms with Gasteiger partial charge in [0.2, 0.25) is 17.7 Å². The van der Waals surface area contributed by atoms with Crippen molar-refractivity contribution in [3.63, 3.8) is 0 Å². The number of amides is 3. The maximum atomic E-state index is 13.7. The Morgan fingerprint density at radius 1 is 1.00 bits per heavy atom. The van der Waals surface area contributed by atoms with Gasteiger partial charge in [-0.15, -0.1) is 11.3 Å². The first-order valence-corrected chi connectivity index (χ1v) is 16.4. The number of carboxylic acid groups (broad SMARTS) is 1. The Bertz CT molecular complexity index is 1220. The van der Waals surface area contributed by atoms with Crippen LogP contribution in [0.15, 0.2) is 29.8 Å². The monoisotopic (exact) mass is 612 g/mol. The molecule has 1 aromatic heterocycles. The number of carboxylic acids is 1. The van der Waals surface area contributed by atoms with E-state index in [0.29, 0.717) is 32.4 Å². The van der Waals surface area contributed by atoms with Gasteiger partial charge in [0.05, 0.1) is 16.1 Å². The molecule has 2 aromatic rings. The minimum Gasteiger partial charge on any atom is -0.481 e. The molecule has 3 N–H and O–H groups in total. The molecule has 3 rings (SSSR count). The van der Waals surface area contributed by atoms with Gasteiger partial charge in [-0.3, -0.25) is 19.2 Å². The molecule has 43 heavy (non-hydrogen) atoms. The summed E-state index contributed by atoms with van der Waals surface area (Å²) in [4.78, 5) is 57.4. The number of nitrogens with one attached hydrogen (secondary N) is 2.